The van der Waals surface area contributed by atoms with Gasteiger partial charge < -0.3 is 4.90 Å². The first-order valence-corrected chi connectivity index (χ1v) is 2.87. The molecule has 0 aliphatic heterocycles. The van der Waals surface area contributed by atoms with Crippen LogP contribution in [0.2, 0.25) is 0 Å². The fourth-order valence-electron chi connectivity index (χ4n) is 0.493. The summed E-state index contributed by atoms with van der Waals surface area (Å²) in [7, 11) is 3.82. The van der Waals surface area contributed by atoms with Crippen molar-refractivity contribution in [3.05, 3.63) is 12.2 Å². The zero-order valence-electron chi connectivity index (χ0n) is 6.27. The minimum Gasteiger partial charge on any atom is -0.305 e. The number of Topliss-reactive ketones (excluding diaryl/α,β-unsaturated/α-hetero) is 1. The zero-order chi connectivity index (χ0) is 7.44. The third-order valence-corrected chi connectivity index (χ3v) is 1.00. The minimum absolute atomic E-state index is 0.0729. The topological polar surface area (TPSA) is 20.3 Å². The second kappa shape index (κ2) is 3.41. The highest BCUT2D eigenvalue weighted by Crippen LogP contribution is 1.92. The Hall–Kier alpha value is -0.630. The first-order chi connectivity index (χ1) is 4.04. The molecular weight excluding hydrogens is 114 g/mol. The summed E-state index contributed by atoms with van der Waals surface area (Å²) in [5.41, 5.74) is 0.667. The van der Waals surface area contributed by atoms with Gasteiger partial charge in [-0.3, -0.25) is 4.79 Å². The molecule has 0 aliphatic rings. The molecular formula is C7H13NO. The predicted octanol–water partition coefficient (Wildman–Crippen LogP) is 0.693. The number of hydrogen-bond donors (Lipinski definition) is 0. The molecule has 2 nitrogen and oxygen atoms in total. The molecule has 0 atom stereocenters. The van der Waals surface area contributed by atoms with Crippen LogP contribution in [0.1, 0.15) is 6.92 Å². The molecule has 0 amide bonds. The molecule has 0 aromatic heterocycles. The number of ketones is 1. The lowest BCUT2D eigenvalue weighted by molar-refractivity contribution is -0.113. The van der Waals surface area contributed by atoms with Gasteiger partial charge in [0, 0.05) is 12.1 Å². The number of carbonyl (C=O) groups is 1. The standard InChI is InChI=1S/C7H13NO/c1-6(7(2)9)5-8(3)4/h1,5H2,2-4H3. The van der Waals surface area contributed by atoms with Gasteiger partial charge in [0.05, 0.1) is 0 Å². The van der Waals surface area contributed by atoms with E-state index >= 15 is 0 Å². The monoisotopic (exact) mass is 127 g/mol. The fraction of sp³-hybridized carbons (Fsp3) is 0.571. The summed E-state index contributed by atoms with van der Waals surface area (Å²) in [5.74, 6) is 0.0729. The third kappa shape index (κ3) is 3.91. The molecule has 0 fully saturated rings. The van der Waals surface area contributed by atoms with E-state index in [1.54, 1.807) is 0 Å². The number of rotatable bonds is 3. The maximum Gasteiger partial charge on any atom is 0.156 e. The molecule has 0 aromatic rings. The summed E-state index contributed by atoms with van der Waals surface area (Å²) >= 11 is 0. The van der Waals surface area contributed by atoms with Crippen molar-refractivity contribution in [3.8, 4) is 0 Å². The number of nitrogens with zero attached hydrogens (tertiary/aromatic N) is 1. The van der Waals surface area contributed by atoms with Gasteiger partial charge in [-0.05, 0) is 21.0 Å². The summed E-state index contributed by atoms with van der Waals surface area (Å²) in [4.78, 5) is 12.5. The van der Waals surface area contributed by atoms with Crippen LogP contribution in [0.25, 0.3) is 0 Å². The lowest BCUT2D eigenvalue weighted by Crippen LogP contribution is -2.17. The number of likely N-dealkylation sites (N-methyl/N-ethyl adjacent to an activating group) is 1. The van der Waals surface area contributed by atoms with Gasteiger partial charge in [0.25, 0.3) is 0 Å². The first kappa shape index (κ1) is 8.37. The average Bonchev–Trinajstić information content (AvgIpc) is 1.63. The molecule has 0 aliphatic carbocycles. The van der Waals surface area contributed by atoms with Gasteiger partial charge in [0.2, 0.25) is 0 Å². The first-order valence-electron chi connectivity index (χ1n) is 2.87. The molecule has 0 radical (unpaired) electrons. The van der Waals surface area contributed by atoms with Crippen molar-refractivity contribution in [1.82, 2.24) is 4.90 Å². The summed E-state index contributed by atoms with van der Waals surface area (Å²) < 4.78 is 0. The molecule has 9 heavy (non-hydrogen) atoms. The second-order valence-corrected chi connectivity index (χ2v) is 2.40. The molecule has 2 heteroatoms. The third-order valence-electron chi connectivity index (χ3n) is 1.00. The highest BCUT2D eigenvalue weighted by Gasteiger charge is 1.99. The summed E-state index contributed by atoms with van der Waals surface area (Å²) in [5, 5.41) is 0. The van der Waals surface area contributed by atoms with Gasteiger partial charge in [0.15, 0.2) is 5.78 Å². The van der Waals surface area contributed by atoms with E-state index in [-0.39, 0.29) is 5.78 Å². The van der Waals surface area contributed by atoms with Crippen LogP contribution in [0, 0.1) is 0 Å². The van der Waals surface area contributed by atoms with Crippen LogP contribution >= 0.6 is 0 Å². The van der Waals surface area contributed by atoms with E-state index in [9.17, 15) is 4.79 Å². The van der Waals surface area contributed by atoms with Crippen molar-refractivity contribution in [2.75, 3.05) is 20.6 Å². The van der Waals surface area contributed by atoms with Crippen molar-refractivity contribution in [2.24, 2.45) is 0 Å². The minimum atomic E-state index is 0.0729. The van der Waals surface area contributed by atoms with Crippen LogP contribution in [0.4, 0.5) is 0 Å². The Kier molecular flexibility index (Phi) is 3.17. The Balaban J connectivity index is 3.65. The predicted molar refractivity (Wildman–Crippen MR) is 38.4 cm³/mol. The normalized spacial score (nSPS) is 9.78. The van der Waals surface area contributed by atoms with Crippen molar-refractivity contribution in [3.63, 3.8) is 0 Å². The maximum atomic E-state index is 10.6. The Morgan fingerprint density at radius 2 is 2.00 bits per heavy atom. The van der Waals surface area contributed by atoms with Crippen molar-refractivity contribution < 1.29 is 4.79 Å². The molecule has 0 bridgehead atoms. The molecule has 52 valence electrons. The van der Waals surface area contributed by atoms with Gasteiger partial charge in [-0.15, -0.1) is 0 Å². The quantitative estimate of drug-likeness (QED) is 0.520. The summed E-state index contributed by atoms with van der Waals surface area (Å²) in [6.07, 6.45) is 0. The highest BCUT2D eigenvalue weighted by molar-refractivity contribution is 5.92. The van der Waals surface area contributed by atoms with Crippen LogP contribution in [0.5, 0.6) is 0 Å². The molecule has 0 spiro atoms. The molecule has 0 N–H and O–H groups in total. The highest BCUT2D eigenvalue weighted by atomic mass is 16.1. The number of hydrogen-bond acceptors (Lipinski definition) is 2. The molecule has 0 rings (SSSR count). The summed E-state index contributed by atoms with van der Waals surface area (Å²) in [6.45, 7) is 5.80. The number of carbonyl (C=O) groups excluding carboxylic acids is 1. The zero-order valence-corrected chi connectivity index (χ0v) is 6.27. The van der Waals surface area contributed by atoms with Crippen molar-refractivity contribution in [1.29, 1.82) is 0 Å². The van der Waals surface area contributed by atoms with Gasteiger partial charge in [-0.2, -0.15) is 0 Å². The SMILES string of the molecule is C=C(CN(C)C)C(C)=O. The average molecular weight is 127 g/mol. The van der Waals surface area contributed by atoms with Gasteiger partial charge in [0.1, 0.15) is 0 Å². The Labute approximate surface area is 56.2 Å². The van der Waals surface area contributed by atoms with Crippen molar-refractivity contribution in [2.45, 2.75) is 6.92 Å². The second-order valence-electron chi connectivity index (χ2n) is 2.40. The van der Waals surface area contributed by atoms with Gasteiger partial charge in [-0.1, -0.05) is 6.58 Å². The molecule has 0 aromatic carbocycles. The summed E-state index contributed by atoms with van der Waals surface area (Å²) in [6, 6.07) is 0. The Morgan fingerprint density at radius 1 is 1.56 bits per heavy atom. The van der Waals surface area contributed by atoms with Crippen LogP contribution < -0.4 is 0 Å². The molecule has 0 heterocycles. The lowest BCUT2D eigenvalue weighted by Gasteiger charge is -2.08. The van der Waals surface area contributed by atoms with Crippen LogP contribution in [-0.4, -0.2) is 31.3 Å². The van der Waals surface area contributed by atoms with Gasteiger partial charge >= 0.3 is 0 Å². The smallest absolute Gasteiger partial charge is 0.156 e. The molecule has 0 unspecified atom stereocenters. The largest absolute Gasteiger partial charge is 0.305 e. The van der Waals surface area contributed by atoms with E-state index < -0.39 is 0 Å². The van der Waals surface area contributed by atoms with E-state index in [2.05, 4.69) is 6.58 Å². The van der Waals surface area contributed by atoms with Crippen LogP contribution in [-0.2, 0) is 4.79 Å². The maximum absolute atomic E-state index is 10.6. The van der Waals surface area contributed by atoms with Crippen molar-refractivity contribution >= 4 is 5.78 Å². The van der Waals surface area contributed by atoms with Crippen LogP contribution in [0.15, 0.2) is 12.2 Å². The van der Waals surface area contributed by atoms with E-state index in [1.165, 1.54) is 6.92 Å². The Bertz CT molecular complexity index is 127. The molecule has 0 saturated heterocycles. The van der Waals surface area contributed by atoms with E-state index in [0.717, 1.165) is 0 Å². The fourth-order valence-corrected chi connectivity index (χ4v) is 0.493. The van der Waals surface area contributed by atoms with Crippen LogP contribution in [0.3, 0.4) is 0 Å². The Morgan fingerprint density at radius 3 is 2.11 bits per heavy atom. The van der Waals surface area contributed by atoms with E-state index in [0.29, 0.717) is 12.1 Å². The van der Waals surface area contributed by atoms with E-state index in [1.807, 2.05) is 19.0 Å². The molecule has 0 saturated carbocycles. The van der Waals surface area contributed by atoms with E-state index in [4.69, 9.17) is 0 Å². The lowest BCUT2D eigenvalue weighted by atomic mass is 10.2. The van der Waals surface area contributed by atoms with Gasteiger partial charge in [-0.25, -0.2) is 0 Å².